The number of nitrogens with one attached hydrogen (secondary N) is 1. The van der Waals surface area contributed by atoms with E-state index in [-0.39, 0.29) is 0 Å². The number of aromatic nitrogens is 3. The van der Waals surface area contributed by atoms with Gasteiger partial charge in [-0.05, 0) is 6.42 Å². The summed E-state index contributed by atoms with van der Waals surface area (Å²) in [6, 6.07) is 0. The maximum absolute atomic E-state index is 4.08. The van der Waals surface area contributed by atoms with Gasteiger partial charge in [-0.15, -0.1) is 5.10 Å². The molecule has 1 radical (unpaired) electrons. The van der Waals surface area contributed by atoms with Crippen molar-refractivity contribution in [3.05, 3.63) is 6.20 Å². The van der Waals surface area contributed by atoms with Gasteiger partial charge in [0, 0.05) is 6.54 Å². The standard InChI is InChI=1S/C5H9N4/c1-2-3-6-5-4-7-9-8-5/h4H,2-3H2,1H3,(H,7,8,9). The van der Waals surface area contributed by atoms with Crippen molar-refractivity contribution in [3.8, 4) is 0 Å². The van der Waals surface area contributed by atoms with Gasteiger partial charge < -0.3 is 0 Å². The first kappa shape index (κ1) is 6.07. The molecule has 0 spiro atoms. The average Bonchev–Trinajstić information content (AvgIpc) is 2.34. The average molecular weight is 125 g/mol. The molecular formula is C5H9N4. The molecule has 0 aromatic carbocycles. The fourth-order valence-corrected chi connectivity index (χ4v) is 0.499. The Morgan fingerprint density at radius 3 is 3.22 bits per heavy atom. The molecule has 1 rings (SSSR count). The Hall–Kier alpha value is -1.06. The quantitative estimate of drug-likeness (QED) is 0.637. The summed E-state index contributed by atoms with van der Waals surface area (Å²) in [5, 5.41) is 13.9. The summed E-state index contributed by atoms with van der Waals surface area (Å²) >= 11 is 0. The Kier molecular flexibility index (Phi) is 2.06. The molecule has 0 amide bonds. The molecule has 1 aromatic heterocycles. The van der Waals surface area contributed by atoms with Crippen LogP contribution in [0.3, 0.4) is 0 Å². The molecule has 49 valence electrons. The Bertz CT molecular complexity index is 146. The molecule has 0 aliphatic rings. The van der Waals surface area contributed by atoms with Gasteiger partial charge in [0.2, 0.25) is 0 Å². The van der Waals surface area contributed by atoms with E-state index in [0.29, 0.717) is 5.82 Å². The third-order valence-corrected chi connectivity index (χ3v) is 0.901. The minimum atomic E-state index is 0.692. The molecule has 0 unspecified atom stereocenters. The predicted octanol–water partition coefficient (Wildman–Crippen LogP) is 0.451. The monoisotopic (exact) mass is 125 g/mol. The molecule has 1 heterocycles. The van der Waals surface area contributed by atoms with Gasteiger partial charge in [-0.1, -0.05) is 12.1 Å². The first-order chi connectivity index (χ1) is 4.43. The van der Waals surface area contributed by atoms with E-state index in [2.05, 4.69) is 27.7 Å². The third-order valence-electron chi connectivity index (χ3n) is 0.901. The van der Waals surface area contributed by atoms with Crippen molar-refractivity contribution in [3.63, 3.8) is 0 Å². The molecular weight excluding hydrogens is 116 g/mol. The van der Waals surface area contributed by atoms with Gasteiger partial charge in [-0.25, -0.2) is 0 Å². The minimum absolute atomic E-state index is 0.692. The summed E-state index contributed by atoms with van der Waals surface area (Å²) in [6.07, 6.45) is 2.72. The predicted molar refractivity (Wildman–Crippen MR) is 33.3 cm³/mol. The molecule has 0 saturated carbocycles. The number of H-pyrrole nitrogens is 1. The van der Waals surface area contributed by atoms with Crippen molar-refractivity contribution in [2.75, 3.05) is 6.54 Å². The fraction of sp³-hybridized carbons (Fsp3) is 0.600. The van der Waals surface area contributed by atoms with E-state index in [1.54, 1.807) is 6.20 Å². The van der Waals surface area contributed by atoms with Crippen LogP contribution in [-0.2, 0) is 0 Å². The zero-order chi connectivity index (χ0) is 6.53. The van der Waals surface area contributed by atoms with Gasteiger partial charge in [-0.3, -0.25) is 10.4 Å². The summed E-state index contributed by atoms with van der Waals surface area (Å²) in [4.78, 5) is 0. The molecule has 4 heteroatoms. The van der Waals surface area contributed by atoms with E-state index in [9.17, 15) is 0 Å². The smallest absolute Gasteiger partial charge is 0.189 e. The Morgan fingerprint density at radius 1 is 1.78 bits per heavy atom. The number of aromatic amines is 1. The van der Waals surface area contributed by atoms with Crippen LogP contribution < -0.4 is 5.32 Å². The summed E-state index contributed by atoms with van der Waals surface area (Å²) in [5.41, 5.74) is 0. The Balaban J connectivity index is 2.30. The lowest BCUT2D eigenvalue weighted by Gasteiger charge is -1.90. The third kappa shape index (κ3) is 1.71. The van der Waals surface area contributed by atoms with Crippen molar-refractivity contribution in [2.45, 2.75) is 13.3 Å². The molecule has 4 nitrogen and oxygen atoms in total. The zero-order valence-electron chi connectivity index (χ0n) is 5.33. The SMILES string of the molecule is CCC[N]c1c[nH]nn1. The van der Waals surface area contributed by atoms with Gasteiger partial charge in [0.15, 0.2) is 5.82 Å². The summed E-state index contributed by atoms with van der Waals surface area (Å²) in [5.74, 6) is 0.692. The topological polar surface area (TPSA) is 55.7 Å². The van der Waals surface area contributed by atoms with E-state index in [1.165, 1.54) is 0 Å². The largest absolute Gasteiger partial charge is 0.264 e. The summed E-state index contributed by atoms with van der Waals surface area (Å²) < 4.78 is 0. The van der Waals surface area contributed by atoms with E-state index in [4.69, 9.17) is 0 Å². The van der Waals surface area contributed by atoms with Crippen LogP contribution in [0.2, 0.25) is 0 Å². The molecule has 0 aliphatic carbocycles. The normalized spacial score (nSPS) is 9.44. The highest BCUT2D eigenvalue weighted by Crippen LogP contribution is 1.94. The first-order valence-electron chi connectivity index (χ1n) is 2.97. The van der Waals surface area contributed by atoms with Crippen molar-refractivity contribution in [2.24, 2.45) is 0 Å². The van der Waals surface area contributed by atoms with Gasteiger partial charge in [0.05, 0.1) is 6.20 Å². The Labute approximate surface area is 53.7 Å². The fourth-order valence-electron chi connectivity index (χ4n) is 0.499. The number of nitrogens with zero attached hydrogens (tertiary/aromatic N) is 3. The number of rotatable bonds is 3. The molecule has 0 atom stereocenters. The summed E-state index contributed by atoms with van der Waals surface area (Å²) in [7, 11) is 0. The Morgan fingerprint density at radius 2 is 2.67 bits per heavy atom. The second-order valence-corrected chi connectivity index (χ2v) is 1.71. The van der Waals surface area contributed by atoms with Crippen LogP contribution in [0.4, 0.5) is 5.82 Å². The number of hydrogen-bond acceptors (Lipinski definition) is 2. The second kappa shape index (κ2) is 3.06. The van der Waals surface area contributed by atoms with Crippen molar-refractivity contribution >= 4 is 5.82 Å². The molecule has 0 fully saturated rings. The van der Waals surface area contributed by atoms with Crippen LogP contribution in [0, 0.1) is 0 Å². The highest BCUT2D eigenvalue weighted by Gasteiger charge is 1.91. The van der Waals surface area contributed by atoms with Crippen LogP contribution >= 0.6 is 0 Å². The van der Waals surface area contributed by atoms with Crippen LogP contribution in [0.5, 0.6) is 0 Å². The molecule has 0 saturated heterocycles. The lowest BCUT2D eigenvalue weighted by molar-refractivity contribution is 0.782. The maximum atomic E-state index is 4.08. The highest BCUT2D eigenvalue weighted by atomic mass is 15.3. The van der Waals surface area contributed by atoms with Crippen LogP contribution in [0.25, 0.3) is 0 Å². The van der Waals surface area contributed by atoms with E-state index in [1.807, 2.05) is 0 Å². The molecule has 0 bridgehead atoms. The highest BCUT2D eigenvalue weighted by molar-refractivity contribution is 5.16. The van der Waals surface area contributed by atoms with E-state index in [0.717, 1.165) is 13.0 Å². The maximum Gasteiger partial charge on any atom is 0.189 e. The molecule has 1 N–H and O–H groups in total. The first-order valence-corrected chi connectivity index (χ1v) is 2.97. The van der Waals surface area contributed by atoms with Crippen LogP contribution in [0.15, 0.2) is 6.20 Å². The molecule has 0 aliphatic heterocycles. The summed E-state index contributed by atoms with van der Waals surface area (Å²) in [6.45, 7) is 2.90. The van der Waals surface area contributed by atoms with Gasteiger partial charge in [0.1, 0.15) is 0 Å². The van der Waals surface area contributed by atoms with Gasteiger partial charge >= 0.3 is 0 Å². The van der Waals surface area contributed by atoms with E-state index >= 15 is 0 Å². The lowest BCUT2D eigenvalue weighted by atomic mass is 10.5. The van der Waals surface area contributed by atoms with Crippen LogP contribution in [0.1, 0.15) is 13.3 Å². The lowest BCUT2D eigenvalue weighted by Crippen LogP contribution is -1.97. The van der Waals surface area contributed by atoms with Crippen molar-refractivity contribution in [1.82, 2.24) is 20.7 Å². The second-order valence-electron chi connectivity index (χ2n) is 1.71. The number of hydrogen-bond donors (Lipinski definition) is 1. The van der Waals surface area contributed by atoms with Crippen molar-refractivity contribution in [1.29, 1.82) is 0 Å². The van der Waals surface area contributed by atoms with Gasteiger partial charge in [-0.2, -0.15) is 0 Å². The van der Waals surface area contributed by atoms with Crippen LogP contribution in [-0.4, -0.2) is 22.0 Å². The molecule has 1 aromatic rings. The molecule has 9 heavy (non-hydrogen) atoms. The zero-order valence-corrected chi connectivity index (χ0v) is 5.33. The van der Waals surface area contributed by atoms with Crippen molar-refractivity contribution < 1.29 is 0 Å². The minimum Gasteiger partial charge on any atom is -0.264 e. The van der Waals surface area contributed by atoms with Gasteiger partial charge in [0.25, 0.3) is 0 Å². The van der Waals surface area contributed by atoms with E-state index < -0.39 is 0 Å².